The van der Waals surface area contributed by atoms with Gasteiger partial charge in [-0.05, 0) is 88.9 Å². The number of nitrogens with zero attached hydrogens (tertiary/aromatic N) is 7. The molecular weight excluding hydrogens is 847 g/mol. The number of fused-ring (bicyclic) bond motifs is 6. The molecule has 6 heterocycles. The molecule has 17 heteroatoms. The molecule has 5 atom stereocenters. The van der Waals surface area contributed by atoms with E-state index in [-0.39, 0.29) is 56.5 Å². The second-order valence-corrected chi connectivity index (χ2v) is 20.2. The van der Waals surface area contributed by atoms with Gasteiger partial charge in [-0.25, -0.2) is 14.6 Å². The van der Waals surface area contributed by atoms with Gasteiger partial charge in [-0.3, -0.25) is 19.6 Å². The summed E-state index contributed by atoms with van der Waals surface area (Å²) in [5, 5.41) is 19.6. The topological polar surface area (TPSA) is 175 Å². The Labute approximate surface area is 386 Å². The van der Waals surface area contributed by atoms with Gasteiger partial charge in [0.15, 0.2) is 0 Å². The number of esters is 1. The number of carbonyl (C=O) groups is 4. The highest BCUT2D eigenvalue weighted by Crippen LogP contribution is 2.42. The van der Waals surface area contributed by atoms with E-state index >= 15 is 0 Å². The number of ether oxygens (including phenoxy) is 2. The number of nitrogens with one attached hydrogen (secondary N) is 2. The van der Waals surface area contributed by atoms with Crippen molar-refractivity contribution >= 4 is 46.1 Å². The number of aryl methyl sites for hydroxylation is 1. The number of hydrogen-bond donors (Lipinski definition) is 3. The van der Waals surface area contributed by atoms with E-state index < -0.39 is 41.0 Å². The van der Waals surface area contributed by atoms with Gasteiger partial charge in [-0.15, -0.1) is 11.3 Å². The van der Waals surface area contributed by atoms with E-state index in [1.165, 1.54) is 21.2 Å². The number of methoxy groups -OCH3 is 1. The quantitative estimate of drug-likeness (QED) is 0.178. The van der Waals surface area contributed by atoms with Crippen molar-refractivity contribution in [2.24, 2.45) is 11.3 Å². The molecule has 3 aromatic heterocycles. The minimum absolute atomic E-state index is 0.00310. The lowest BCUT2D eigenvalue weighted by atomic mass is 9.84. The first kappa shape index (κ1) is 48.0. The number of likely N-dealkylation sites (N-methyl/N-ethyl adjacent to an activating group) is 3. The molecule has 3 N–H and O–H groups in total. The minimum Gasteiger partial charge on any atom is -0.462 e. The Balaban J connectivity index is 1.29. The fourth-order valence-electron chi connectivity index (χ4n) is 9.77. The summed E-state index contributed by atoms with van der Waals surface area (Å²) in [4.78, 5) is 72.3. The molecule has 65 heavy (non-hydrogen) atoms. The predicted molar refractivity (Wildman–Crippen MR) is 251 cm³/mol. The van der Waals surface area contributed by atoms with Gasteiger partial charge in [0.05, 0.1) is 34.8 Å². The maximum Gasteiger partial charge on any atom is 0.355 e. The summed E-state index contributed by atoms with van der Waals surface area (Å²) in [6.45, 7) is 14.4. The van der Waals surface area contributed by atoms with Gasteiger partial charge in [-0.1, -0.05) is 33.8 Å². The molecular formula is C48H67N9O7S. The lowest BCUT2D eigenvalue weighted by molar-refractivity contribution is -0.189. The van der Waals surface area contributed by atoms with Crippen molar-refractivity contribution in [3.05, 3.63) is 58.2 Å². The number of cyclic esters (lactones) is 1. The molecule has 4 aromatic rings. The van der Waals surface area contributed by atoms with E-state index in [2.05, 4.69) is 51.4 Å². The Morgan fingerprint density at radius 2 is 1.91 bits per heavy atom. The van der Waals surface area contributed by atoms with Gasteiger partial charge in [-0.2, -0.15) is 5.43 Å². The third-order valence-electron chi connectivity index (χ3n) is 13.3. The van der Waals surface area contributed by atoms with Gasteiger partial charge >= 0.3 is 12.0 Å². The molecule has 1 unspecified atom stereocenters. The number of urea groups is 1. The zero-order valence-corrected chi connectivity index (χ0v) is 40.5. The van der Waals surface area contributed by atoms with E-state index in [9.17, 15) is 24.3 Å². The van der Waals surface area contributed by atoms with Crippen molar-refractivity contribution < 1.29 is 33.8 Å². The van der Waals surface area contributed by atoms with E-state index in [0.29, 0.717) is 18.0 Å². The number of carbonyl (C=O) groups excluding carboxylic acids is 4. The summed E-state index contributed by atoms with van der Waals surface area (Å²) < 4.78 is 14.1. The Bertz CT molecular complexity index is 2400. The van der Waals surface area contributed by atoms with Crippen LogP contribution in [0.5, 0.6) is 0 Å². The van der Waals surface area contributed by atoms with Crippen LogP contribution >= 0.6 is 11.3 Å². The number of hydrogen-bond acceptors (Lipinski definition) is 12. The van der Waals surface area contributed by atoms with Crippen LogP contribution < -0.4 is 10.7 Å². The Morgan fingerprint density at radius 1 is 1.14 bits per heavy atom. The van der Waals surface area contributed by atoms with Crippen LogP contribution in [0.1, 0.15) is 89.6 Å². The zero-order chi connectivity index (χ0) is 47.0. The maximum atomic E-state index is 14.7. The lowest BCUT2D eigenvalue weighted by Crippen LogP contribution is -2.67. The second-order valence-electron chi connectivity index (χ2n) is 19.2. The molecule has 6 bridgehead atoms. The molecule has 16 nitrogen and oxygen atoms in total. The second kappa shape index (κ2) is 19.5. The Morgan fingerprint density at radius 3 is 2.62 bits per heavy atom. The molecule has 0 spiro atoms. The van der Waals surface area contributed by atoms with Crippen LogP contribution in [0.2, 0.25) is 0 Å². The van der Waals surface area contributed by atoms with E-state index in [4.69, 9.17) is 19.4 Å². The van der Waals surface area contributed by atoms with Gasteiger partial charge < -0.3 is 39.2 Å². The molecule has 4 amide bonds. The monoisotopic (exact) mass is 913 g/mol. The van der Waals surface area contributed by atoms with Crippen LogP contribution in [0, 0.1) is 11.3 Å². The lowest BCUT2D eigenvalue weighted by Gasteiger charge is -2.41. The molecule has 0 radical (unpaired) electrons. The van der Waals surface area contributed by atoms with Crippen LogP contribution in [0.15, 0.2) is 41.9 Å². The summed E-state index contributed by atoms with van der Waals surface area (Å²) in [6, 6.07) is 7.95. The zero-order valence-electron chi connectivity index (χ0n) is 39.6. The van der Waals surface area contributed by atoms with Gasteiger partial charge in [0.1, 0.15) is 12.1 Å². The average Bonchev–Trinajstić information content (AvgIpc) is 3.88. The molecule has 3 aliphatic heterocycles. The van der Waals surface area contributed by atoms with Crippen LogP contribution in [0.25, 0.3) is 33.4 Å². The highest BCUT2D eigenvalue weighted by molar-refractivity contribution is 7.10. The van der Waals surface area contributed by atoms with Crippen molar-refractivity contribution in [2.45, 2.75) is 117 Å². The van der Waals surface area contributed by atoms with Crippen molar-refractivity contribution in [1.82, 2.24) is 45.0 Å². The molecule has 2 fully saturated rings. The van der Waals surface area contributed by atoms with Crippen molar-refractivity contribution in [1.29, 1.82) is 0 Å². The Hall–Kier alpha value is -4.94. The third kappa shape index (κ3) is 9.94. The molecule has 3 aliphatic rings. The minimum atomic E-state index is -2.21. The van der Waals surface area contributed by atoms with E-state index in [1.54, 1.807) is 32.3 Å². The van der Waals surface area contributed by atoms with E-state index in [0.717, 1.165) is 70.6 Å². The number of piperidine rings is 1. The predicted octanol–water partition coefficient (Wildman–Crippen LogP) is 5.62. The number of thiazole rings is 1. The number of benzene rings is 1. The number of aromatic nitrogens is 3. The number of rotatable bonds is 9. The standard InChI is InChI=1S/C48H67N9O7S/c1-11-56-38-18-17-31-23-34(38)35(42(56)33-16-12-20-49-40(33)30(4)63-10)25-47(5,6)28-64-45(60)48(62)19-14-22-57(52-48)44(59)36(24-39-50-37(31)27-65-39)51-43(58)41(29(2)3)55(9)46(61)54(8)32-15-13-21-53(7)26-32/h12,16-18,20,23,27,29-30,32,36,41,52,62H,11,13-15,19,21-22,24-26,28H2,1-10H3,(H,51,58)/t30-,32?,36-,41-,48-/m0/s1. The average molecular weight is 914 g/mol. The van der Waals surface area contributed by atoms with Crippen molar-refractivity contribution in [3.8, 4) is 22.5 Å². The highest BCUT2D eigenvalue weighted by Gasteiger charge is 2.46. The third-order valence-corrected chi connectivity index (χ3v) is 14.2. The maximum absolute atomic E-state index is 14.7. The highest BCUT2D eigenvalue weighted by atomic mass is 32.1. The number of likely N-dealkylation sites (tertiary alicyclic amines) is 1. The summed E-state index contributed by atoms with van der Waals surface area (Å²) in [5.41, 5.74) is 6.39. The first-order chi connectivity index (χ1) is 30.9. The van der Waals surface area contributed by atoms with Crippen LogP contribution in [0.3, 0.4) is 0 Å². The molecule has 2 saturated heterocycles. The smallest absolute Gasteiger partial charge is 0.355 e. The van der Waals surface area contributed by atoms with Gasteiger partial charge in [0, 0.05) is 98.7 Å². The van der Waals surface area contributed by atoms with Crippen LogP contribution in [-0.2, 0) is 43.2 Å². The van der Waals surface area contributed by atoms with Crippen LogP contribution in [-0.4, -0.2) is 142 Å². The van der Waals surface area contributed by atoms with Crippen LogP contribution in [0.4, 0.5) is 4.79 Å². The number of amides is 4. The normalized spacial score (nSPS) is 22.9. The summed E-state index contributed by atoms with van der Waals surface area (Å²) >= 11 is 1.38. The van der Waals surface area contributed by atoms with Crippen molar-refractivity contribution in [3.63, 3.8) is 0 Å². The largest absolute Gasteiger partial charge is 0.462 e. The Kier molecular flexibility index (Phi) is 14.4. The van der Waals surface area contributed by atoms with Crippen molar-refractivity contribution in [2.75, 3.05) is 54.5 Å². The van der Waals surface area contributed by atoms with Gasteiger partial charge in [0.2, 0.25) is 11.6 Å². The van der Waals surface area contributed by atoms with Gasteiger partial charge in [0.25, 0.3) is 5.91 Å². The molecule has 1 aromatic carbocycles. The number of aliphatic hydroxyl groups is 1. The van der Waals surface area contributed by atoms with E-state index in [1.807, 2.05) is 53.1 Å². The fourth-order valence-corrected chi connectivity index (χ4v) is 10.6. The number of hydrazine groups is 1. The molecule has 352 valence electrons. The fraction of sp³-hybridized carbons (Fsp3) is 0.583. The first-order valence-electron chi connectivity index (χ1n) is 22.9. The summed E-state index contributed by atoms with van der Waals surface area (Å²) in [5.74, 6) is -2.26. The summed E-state index contributed by atoms with van der Waals surface area (Å²) in [6.07, 6.45) is 4.16. The molecule has 7 rings (SSSR count). The summed E-state index contributed by atoms with van der Waals surface area (Å²) in [7, 11) is 7.12. The molecule has 0 saturated carbocycles. The SMILES string of the molecule is CCn1c(-c2cccnc2[C@H](C)OC)c2c3cc(ccc31)-c1csc(n1)C[C@H](NC(=O)[C@H](C(C)C)N(C)C(=O)N(C)C1CCCN(C)C1)C(=O)N1CCC[C@@](O)(N1)C(=O)OCC(C)(C)C2. The first-order valence-corrected chi connectivity index (χ1v) is 23.8. The number of pyridine rings is 1. The molecule has 0 aliphatic carbocycles.